The molecule has 0 atom stereocenters. The first-order chi connectivity index (χ1) is 8.62. The Morgan fingerprint density at radius 2 is 1.37 bits per heavy atom. The third kappa shape index (κ3) is 1.79. The average molecular weight is 256 g/mol. The van der Waals surface area contributed by atoms with Crippen LogP contribution in [0.2, 0.25) is 0 Å². The highest BCUT2D eigenvalue weighted by molar-refractivity contribution is 6.07. The van der Waals surface area contributed by atoms with Crippen LogP contribution >= 0.6 is 0 Å². The molecule has 1 aromatic carbocycles. The molecule has 1 aromatic rings. The quantitative estimate of drug-likeness (QED) is 0.664. The second-order valence-electron chi connectivity index (χ2n) is 7.17. The lowest BCUT2D eigenvalue weighted by molar-refractivity contribution is -0.125. The lowest BCUT2D eigenvalue weighted by atomic mass is 9.60. The van der Waals surface area contributed by atoms with Gasteiger partial charge in [-0.15, -0.1) is 0 Å². The predicted octanol–water partition coefficient (Wildman–Crippen LogP) is 4.73. The van der Waals surface area contributed by atoms with E-state index in [0.29, 0.717) is 0 Å². The van der Waals surface area contributed by atoms with Crippen molar-refractivity contribution >= 4 is 11.9 Å². The van der Waals surface area contributed by atoms with E-state index in [1.165, 1.54) is 0 Å². The number of hydrogen-bond acceptors (Lipinski definition) is 1. The van der Waals surface area contributed by atoms with E-state index in [0.717, 1.165) is 11.1 Å². The number of benzene rings is 1. The zero-order chi connectivity index (χ0) is 14.5. The maximum atomic E-state index is 12.8. The first-order valence-corrected chi connectivity index (χ1v) is 6.94. The number of carbonyl (C=O) groups excluding carboxylic acids is 1. The predicted molar refractivity (Wildman–Crippen MR) is 80.8 cm³/mol. The highest BCUT2D eigenvalue weighted by Gasteiger charge is 2.61. The molecule has 0 aliphatic heterocycles. The van der Waals surface area contributed by atoms with Gasteiger partial charge in [0.15, 0.2) is 5.78 Å². The van der Waals surface area contributed by atoms with Gasteiger partial charge in [-0.25, -0.2) is 0 Å². The van der Waals surface area contributed by atoms with Crippen LogP contribution in [0.15, 0.2) is 35.9 Å². The lowest BCUT2D eigenvalue weighted by Gasteiger charge is -2.42. The second-order valence-corrected chi connectivity index (χ2v) is 7.17. The van der Waals surface area contributed by atoms with Crippen molar-refractivity contribution < 1.29 is 4.79 Å². The van der Waals surface area contributed by atoms with E-state index in [-0.39, 0.29) is 22.0 Å². The van der Waals surface area contributed by atoms with Crippen LogP contribution in [0, 0.1) is 16.2 Å². The van der Waals surface area contributed by atoms with E-state index < -0.39 is 0 Å². The third-order valence-electron chi connectivity index (χ3n) is 5.72. The van der Waals surface area contributed by atoms with Crippen molar-refractivity contribution in [1.82, 2.24) is 0 Å². The molecule has 1 aliphatic carbocycles. The molecular weight excluding hydrogens is 232 g/mol. The molecule has 0 bridgehead atoms. The highest BCUT2D eigenvalue weighted by Crippen LogP contribution is 2.62. The van der Waals surface area contributed by atoms with E-state index in [9.17, 15) is 4.79 Å². The van der Waals surface area contributed by atoms with Crippen molar-refractivity contribution in [3.63, 3.8) is 0 Å². The third-order valence-corrected chi connectivity index (χ3v) is 5.72. The lowest BCUT2D eigenvalue weighted by Crippen LogP contribution is -2.38. The summed E-state index contributed by atoms with van der Waals surface area (Å²) in [5, 5.41) is 0. The molecule has 0 radical (unpaired) electrons. The van der Waals surface area contributed by atoms with Crippen molar-refractivity contribution in [3.8, 4) is 0 Å². The zero-order valence-electron chi connectivity index (χ0n) is 12.9. The molecule has 0 amide bonds. The van der Waals surface area contributed by atoms with Gasteiger partial charge in [0.2, 0.25) is 0 Å². The van der Waals surface area contributed by atoms with Crippen LogP contribution in [-0.2, 0) is 4.79 Å². The van der Waals surface area contributed by atoms with Gasteiger partial charge in [0.25, 0.3) is 0 Å². The number of carbonyl (C=O) groups is 1. The van der Waals surface area contributed by atoms with E-state index >= 15 is 0 Å². The second kappa shape index (κ2) is 4.06. The van der Waals surface area contributed by atoms with Crippen molar-refractivity contribution in [2.24, 2.45) is 16.2 Å². The number of allylic oxidation sites excluding steroid dienone is 1. The van der Waals surface area contributed by atoms with E-state index in [4.69, 9.17) is 0 Å². The van der Waals surface area contributed by atoms with Crippen molar-refractivity contribution in [2.45, 2.75) is 41.5 Å². The molecule has 0 N–H and O–H groups in total. The number of ketones is 1. The molecule has 0 aromatic heterocycles. The Kier molecular flexibility index (Phi) is 3.00. The molecule has 1 fully saturated rings. The molecule has 0 saturated heterocycles. The summed E-state index contributed by atoms with van der Waals surface area (Å²) in [7, 11) is 0. The van der Waals surface area contributed by atoms with Gasteiger partial charge < -0.3 is 0 Å². The van der Waals surface area contributed by atoms with Gasteiger partial charge in [0, 0.05) is 11.0 Å². The molecule has 1 heteroatoms. The molecule has 1 nitrogen and oxygen atoms in total. The van der Waals surface area contributed by atoms with Gasteiger partial charge in [-0.2, -0.15) is 0 Å². The average Bonchev–Trinajstić information content (AvgIpc) is 2.42. The molecule has 0 heterocycles. The van der Waals surface area contributed by atoms with E-state index in [1.807, 2.05) is 18.2 Å². The SMILES string of the molecule is CC1(C)C(=O)/C(=C\c2ccccc2)C(C)(C)C1(C)C. The van der Waals surface area contributed by atoms with Crippen molar-refractivity contribution in [2.75, 3.05) is 0 Å². The van der Waals surface area contributed by atoms with Crippen LogP contribution in [0.5, 0.6) is 0 Å². The maximum absolute atomic E-state index is 12.8. The van der Waals surface area contributed by atoms with Crippen LogP contribution in [0.4, 0.5) is 0 Å². The first kappa shape index (κ1) is 14.0. The minimum Gasteiger partial charge on any atom is -0.294 e. The minimum absolute atomic E-state index is 0.0578. The van der Waals surface area contributed by atoms with E-state index in [1.54, 1.807) is 0 Å². The molecular formula is C18H24O. The molecule has 0 spiro atoms. The largest absolute Gasteiger partial charge is 0.294 e. The molecule has 2 rings (SSSR count). The topological polar surface area (TPSA) is 17.1 Å². The van der Waals surface area contributed by atoms with Gasteiger partial charge >= 0.3 is 0 Å². The van der Waals surface area contributed by atoms with Gasteiger partial charge in [0.05, 0.1) is 0 Å². The first-order valence-electron chi connectivity index (χ1n) is 6.94. The number of Topliss-reactive ketones (excluding diaryl/α,β-unsaturated/α-hetero) is 1. The fourth-order valence-corrected chi connectivity index (χ4v) is 2.98. The van der Waals surface area contributed by atoms with Gasteiger partial charge in [0.1, 0.15) is 0 Å². The van der Waals surface area contributed by atoms with Crippen molar-refractivity contribution in [3.05, 3.63) is 41.5 Å². The summed E-state index contributed by atoms with van der Waals surface area (Å²) in [6.07, 6.45) is 2.07. The van der Waals surface area contributed by atoms with Crippen LogP contribution in [0.1, 0.15) is 47.1 Å². The molecule has 19 heavy (non-hydrogen) atoms. The fraction of sp³-hybridized carbons (Fsp3) is 0.500. The summed E-state index contributed by atoms with van der Waals surface area (Å²) >= 11 is 0. The standard InChI is InChI=1S/C18H24O/c1-16(2)14(12-13-10-8-7-9-11-13)15(19)17(3,4)18(16,5)6/h7-12H,1-6H3/b14-12+. The Labute approximate surface area is 116 Å². The maximum Gasteiger partial charge on any atom is 0.165 e. The van der Waals surface area contributed by atoms with Gasteiger partial charge in [-0.1, -0.05) is 71.9 Å². The molecule has 0 unspecified atom stereocenters. The summed E-state index contributed by atoms with van der Waals surface area (Å²) in [6, 6.07) is 10.1. The van der Waals surface area contributed by atoms with Crippen LogP contribution in [0.3, 0.4) is 0 Å². The molecule has 1 aliphatic rings. The monoisotopic (exact) mass is 256 g/mol. The zero-order valence-corrected chi connectivity index (χ0v) is 12.9. The summed E-state index contributed by atoms with van der Waals surface area (Å²) in [5.74, 6) is 0.284. The summed E-state index contributed by atoms with van der Waals surface area (Å²) < 4.78 is 0. The van der Waals surface area contributed by atoms with Crippen LogP contribution < -0.4 is 0 Å². The number of hydrogen-bond donors (Lipinski definition) is 0. The van der Waals surface area contributed by atoms with Crippen LogP contribution in [0.25, 0.3) is 6.08 Å². The van der Waals surface area contributed by atoms with Crippen molar-refractivity contribution in [1.29, 1.82) is 0 Å². The van der Waals surface area contributed by atoms with Crippen LogP contribution in [-0.4, -0.2) is 5.78 Å². The molecule has 1 saturated carbocycles. The Hall–Kier alpha value is -1.37. The van der Waals surface area contributed by atoms with E-state index in [2.05, 4.69) is 59.8 Å². The normalized spacial score (nSPS) is 25.8. The Morgan fingerprint density at radius 1 is 0.842 bits per heavy atom. The summed E-state index contributed by atoms with van der Waals surface area (Å²) in [4.78, 5) is 12.8. The minimum atomic E-state index is -0.322. The highest BCUT2D eigenvalue weighted by atomic mass is 16.1. The Balaban J connectivity index is 2.59. The Bertz CT molecular complexity index is 530. The summed E-state index contributed by atoms with van der Waals surface area (Å²) in [5.41, 5.74) is 1.55. The smallest absolute Gasteiger partial charge is 0.165 e. The van der Waals surface area contributed by atoms with Gasteiger partial charge in [-0.05, 0) is 22.5 Å². The fourth-order valence-electron chi connectivity index (χ4n) is 2.98. The van der Waals surface area contributed by atoms with Gasteiger partial charge in [-0.3, -0.25) is 4.79 Å². The summed E-state index contributed by atoms with van der Waals surface area (Å²) in [6.45, 7) is 12.9. The molecule has 102 valence electrons. The number of rotatable bonds is 1. The Morgan fingerprint density at radius 3 is 1.79 bits per heavy atom.